The smallest absolute Gasteiger partial charge is 0.221 e. The number of carbonyl (C=O) groups excluding carboxylic acids is 2. The van der Waals surface area contributed by atoms with E-state index < -0.39 is 17.9 Å². The molecular weight excluding hydrogens is 402 g/mol. The summed E-state index contributed by atoms with van der Waals surface area (Å²) in [7, 11) is 0. The van der Waals surface area contributed by atoms with Gasteiger partial charge in [-0.15, -0.1) is 0 Å². The van der Waals surface area contributed by atoms with Crippen LogP contribution >= 0.6 is 0 Å². The van der Waals surface area contributed by atoms with Crippen LogP contribution in [0, 0.1) is 0 Å². The number of ketones is 2. The zero-order valence-corrected chi connectivity index (χ0v) is 17.1. The van der Waals surface area contributed by atoms with Crippen LogP contribution in [0.3, 0.4) is 0 Å². The monoisotopic (exact) mass is 427 g/mol. The van der Waals surface area contributed by atoms with Crippen LogP contribution in [0.25, 0.3) is 0 Å². The average Bonchev–Trinajstić information content (AvgIpc) is 3.13. The molecule has 8 heteroatoms. The maximum atomic E-state index is 12.6. The fourth-order valence-electron chi connectivity index (χ4n) is 3.47. The number of nitrogens with zero attached hydrogens (tertiary/aromatic N) is 1. The number of phenolic OH excluding ortho intramolecular Hbond substituents is 4. The van der Waals surface area contributed by atoms with Gasteiger partial charge in [-0.3, -0.25) is 9.59 Å². The first-order valence-electron chi connectivity index (χ1n) is 10.1. The Morgan fingerprint density at radius 2 is 1.55 bits per heavy atom. The molecule has 4 N–H and O–H groups in total. The molecule has 0 saturated heterocycles. The molecule has 0 spiro atoms. The second-order valence-electron chi connectivity index (χ2n) is 7.50. The Hall–Kier alpha value is -3.55. The van der Waals surface area contributed by atoms with Crippen LogP contribution in [-0.2, 0) is 9.53 Å². The van der Waals surface area contributed by atoms with E-state index in [0.29, 0.717) is 19.3 Å². The third-order valence-corrected chi connectivity index (χ3v) is 5.22. The average molecular weight is 427 g/mol. The van der Waals surface area contributed by atoms with Gasteiger partial charge in [-0.05, 0) is 44.0 Å². The van der Waals surface area contributed by atoms with Gasteiger partial charge in [-0.25, -0.2) is 4.99 Å². The number of rotatable bonds is 9. The highest BCUT2D eigenvalue weighted by molar-refractivity contribution is 6.01. The summed E-state index contributed by atoms with van der Waals surface area (Å²) in [5.41, 5.74) is 0.320. The van der Waals surface area contributed by atoms with E-state index in [-0.39, 0.29) is 58.7 Å². The fourth-order valence-corrected chi connectivity index (χ4v) is 3.47. The number of para-hydroxylation sites is 2. The number of aliphatic imine (C=N–C) groups is 1. The van der Waals surface area contributed by atoms with Crippen LogP contribution in [0.15, 0.2) is 41.4 Å². The molecule has 8 nitrogen and oxygen atoms in total. The van der Waals surface area contributed by atoms with Crippen LogP contribution in [0.2, 0.25) is 0 Å². The molecule has 2 aromatic carbocycles. The quantitative estimate of drug-likeness (QED) is 0.273. The predicted octanol–water partition coefficient (Wildman–Crippen LogP) is 3.45. The van der Waals surface area contributed by atoms with Gasteiger partial charge in [0.15, 0.2) is 34.6 Å². The Morgan fingerprint density at radius 1 is 0.903 bits per heavy atom. The van der Waals surface area contributed by atoms with Crippen LogP contribution in [0.4, 0.5) is 0 Å². The number of benzene rings is 2. The van der Waals surface area contributed by atoms with Crippen molar-refractivity contribution >= 4 is 17.5 Å². The number of ether oxygens (including phenoxy) is 1. The zero-order valence-electron chi connectivity index (χ0n) is 17.1. The number of carbonyl (C=O) groups is 2. The summed E-state index contributed by atoms with van der Waals surface area (Å²) in [6, 6.07) is 8.01. The summed E-state index contributed by atoms with van der Waals surface area (Å²) in [4.78, 5) is 29.0. The number of unbranched alkanes of at least 4 members (excludes halogenated alkanes) is 2. The third-order valence-electron chi connectivity index (χ3n) is 5.22. The third kappa shape index (κ3) is 4.96. The number of hydrogen-bond acceptors (Lipinski definition) is 8. The molecule has 3 rings (SSSR count). The molecule has 0 saturated carbocycles. The highest BCUT2D eigenvalue weighted by Gasteiger charge is 2.34. The lowest BCUT2D eigenvalue weighted by Gasteiger charge is -2.12. The minimum absolute atomic E-state index is 0.0880. The second kappa shape index (κ2) is 9.51. The highest BCUT2D eigenvalue weighted by atomic mass is 16.5. The molecule has 0 aromatic heterocycles. The van der Waals surface area contributed by atoms with Crippen LogP contribution < -0.4 is 0 Å². The molecule has 164 valence electrons. The summed E-state index contributed by atoms with van der Waals surface area (Å²) in [5, 5.41) is 38.8. The van der Waals surface area contributed by atoms with E-state index in [0.717, 1.165) is 0 Å². The molecule has 1 aliphatic heterocycles. The number of phenols is 4. The van der Waals surface area contributed by atoms with E-state index in [1.807, 2.05) is 0 Å². The molecule has 0 aliphatic carbocycles. The van der Waals surface area contributed by atoms with Crippen LogP contribution in [0.5, 0.6) is 23.0 Å². The molecular formula is C23H25NO7. The van der Waals surface area contributed by atoms with Gasteiger partial charge in [-0.1, -0.05) is 18.6 Å². The zero-order chi connectivity index (χ0) is 22.5. The lowest BCUT2D eigenvalue weighted by molar-refractivity contribution is -0.121. The summed E-state index contributed by atoms with van der Waals surface area (Å²) < 4.78 is 5.61. The highest BCUT2D eigenvalue weighted by Crippen LogP contribution is 2.32. The molecule has 1 aliphatic rings. The number of Topliss-reactive ketones (excluding diaryl/α,β-unsaturated/α-hetero) is 2. The Bertz CT molecular complexity index is 1010. The largest absolute Gasteiger partial charge is 0.504 e. The van der Waals surface area contributed by atoms with Crippen molar-refractivity contribution in [2.24, 2.45) is 4.99 Å². The van der Waals surface area contributed by atoms with Gasteiger partial charge >= 0.3 is 0 Å². The van der Waals surface area contributed by atoms with Crippen molar-refractivity contribution in [3.05, 3.63) is 47.5 Å². The first-order valence-corrected chi connectivity index (χ1v) is 10.1. The van der Waals surface area contributed by atoms with E-state index in [9.17, 15) is 30.0 Å². The number of aromatic hydroxyl groups is 4. The van der Waals surface area contributed by atoms with Crippen molar-refractivity contribution in [1.82, 2.24) is 0 Å². The van der Waals surface area contributed by atoms with E-state index in [2.05, 4.69) is 4.99 Å². The molecule has 0 amide bonds. The van der Waals surface area contributed by atoms with Crippen molar-refractivity contribution in [3.8, 4) is 23.0 Å². The molecule has 0 bridgehead atoms. The topological polar surface area (TPSA) is 137 Å². The maximum Gasteiger partial charge on any atom is 0.221 e. The Kier molecular flexibility index (Phi) is 6.79. The standard InChI is InChI=1S/C23H25NO7/c1-13-20(24-23(31-13)15-8-6-12-19(28)22(15)30)17(26)10-4-2-3-9-16(25)14-7-5-11-18(27)21(14)29/h5-8,11-13,20,27-30H,2-4,9-10H2,1H3/t13?,20-/m0/s1. The maximum absolute atomic E-state index is 12.6. The lowest BCUT2D eigenvalue weighted by Crippen LogP contribution is -2.27. The summed E-state index contributed by atoms with van der Waals surface area (Å²) in [6.45, 7) is 1.72. The summed E-state index contributed by atoms with van der Waals surface area (Å²) in [5.74, 6) is -1.62. The van der Waals surface area contributed by atoms with Crippen molar-refractivity contribution in [2.75, 3.05) is 0 Å². The lowest BCUT2D eigenvalue weighted by atomic mass is 10.00. The molecule has 0 radical (unpaired) electrons. The Morgan fingerprint density at radius 3 is 2.29 bits per heavy atom. The van der Waals surface area contributed by atoms with Crippen molar-refractivity contribution in [2.45, 2.75) is 51.2 Å². The first-order chi connectivity index (χ1) is 14.8. The Balaban J connectivity index is 1.48. The molecule has 2 aromatic rings. The minimum atomic E-state index is -0.692. The van der Waals surface area contributed by atoms with Gasteiger partial charge < -0.3 is 25.2 Å². The molecule has 1 heterocycles. The van der Waals surface area contributed by atoms with Gasteiger partial charge in [0.2, 0.25) is 5.90 Å². The van der Waals surface area contributed by atoms with E-state index in [1.165, 1.54) is 24.3 Å². The van der Waals surface area contributed by atoms with Crippen LogP contribution in [0.1, 0.15) is 54.9 Å². The second-order valence-corrected chi connectivity index (χ2v) is 7.50. The molecule has 2 atom stereocenters. The normalized spacial score (nSPS) is 17.8. The number of hydrogen-bond donors (Lipinski definition) is 4. The minimum Gasteiger partial charge on any atom is -0.504 e. The van der Waals surface area contributed by atoms with Gasteiger partial charge in [0, 0.05) is 12.8 Å². The van der Waals surface area contributed by atoms with Gasteiger partial charge in [0.05, 0.1) is 11.1 Å². The van der Waals surface area contributed by atoms with E-state index in [1.54, 1.807) is 19.1 Å². The van der Waals surface area contributed by atoms with Crippen molar-refractivity contribution in [3.63, 3.8) is 0 Å². The summed E-state index contributed by atoms with van der Waals surface area (Å²) >= 11 is 0. The SMILES string of the molecule is CC1OC(c2cccc(O)c2O)=N[C@@H]1C(=O)CCCCCC(=O)c1cccc(O)c1O. The molecule has 0 fully saturated rings. The van der Waals surface area contributed by atoms with Crippen LogP contribution in [-0.4, -0.2) is 50.0 Å². The fraction of sp³-hybridized carbons (Fsp3) is 0.348. The molecule has 1 unspecified atom stereocenters. The van der Waals surface area contributed by atoms with Crippen molar-refractivity contribution < 1.29 is 34.8 Å². The summed E-state index contributed by atoms with van der Waals surface area (Å²) in [6.07, 6.45) is 1.75. The first kappa shape index (κ1) is 22.1. The Labute approximate surface area is 179 Å². The predicted molar refractivity (Wildman–Crippen MR) is 113 cm³/mol. The van der Waals surface area contributed by atoms with Crippen molar-refractivity contribution in [1.29, 1.82) is 0 Å². The van der Waals surface area contributed by atoms with Gasteiger partial charge in [0.25, 0.3) is 0 Å². The van der Waals surface area contributed by atoms with Gasteiger partial charge in [0.1, 0.15) is 12.1 Å². The van der Waals surface area contributed by atoms with E-state index >= 15 is 0 Å². The van der Waals surface area contributed by atoms with E-state index in [4.69, 9.17) is 4.74 Å². The van der Waals surface area contributed by atoms with Gasteiger partial charge in [-0.2, -0.15) is 0 Å². The molecule has 31 heavy (non-hydrogen) atoms.